The molecule has 1 aromatic heterocycles. The summed E-state index contributed by atoms with van der Waals surface area (Å²) in [6, 6.07) is 21.8. The summed E-state index contributed by atoms with van der Waals surface area (Å²) in [5, 5.41) is 9.82. The minimum Gasteiger partial charge on any atom is -0.301 e. The van der Waals surface area contributed by atoms with Crippen LogP contribution in [0, 0.1) is 5.82 Å². The van der Waals surface area contributed by atoms with E-state index in [9.17, 15) is 0 Å². The Bertz CT molecular complexity index is 1160. The first-order valence-corrected chi connectivity index (χ1v) is 9.47. The van der Waals surface area contributed by atoms with Crippen LogP contribution in [0.2, 0.25) is 0 Å². The van der Waals surface area contributed by atoms with Crippen LogP contribution in [0.4, 0.5) is 4.39 Å². The maximum Gasteiger partial charge on any atom is 0.134 e. The summed E-state index contributed by atoms with van der Waals surface area (Å²) in [5.74, 6) is -0.100. The summed E-state index contributed by atoms with van der Waals surface area (Å²) < 4.78 is 15.4. The Kier molecular flexibility index (Phi) is 4.14. The molecule has 1 aliphatic rings. The van der Waals surface area contributed by atoms with E-state index in [0.717, 1.165) is 35.3 Å². The first-order valence-electron chi connectivity index (χ1n) is 9.47. The highest BCUT2D eigenvalue weighted by atomic mass is 19.1. The molecule has 0 amide bonds. The summed E-state index contributed by atoms with van der Waals surface area (Å²) in [4.78, 5) is 2.25. The average Bonchev–Trinajstić information content (AvgIpc) is 2.74. The van der Waals surface area contributed by atoms with Gasteiger partial charge in [-0.2, -0.15) is 10.2 Å². The Morgan fingerprint density at radius 3 is 2.68 bits per heavy atom. The van der Waals surface area contributed by atoms with Crippen LogP contribution in [0.5, 0.6) is 0 Å². The van der Waals surface area contributed by atoms with E-state index in [1.54, 1.807) is 6.20 Å². The minimum absolute atomic E-state index is 0.00858. The van der Waals surface area contributed by atoms with Crippen LogP contribution >= 0.6 is 0 Å². The zero-order valence-corrected chi connectivity index (χ0v) is 15.6. The Labute approximate surface area is 163 Å². The van der Waals surface area contributed by atoms with Gasteiger partial charge in [-0.25, -0.2) is 4.39 Å². The van der Waals surface area contributed by atoms with Crippen LogP contribution in [0.1, 0.15) is 22.6 Å². The van der Waals surface area contributed by atoms with Gasteiger partial charge in [0.05, 0.1) is 5.69 Å². The largest absolute Gasteiger partial charge is 0.301 e. The third kappa shape index (κ3) is 2.86. The molecule has 1 atom stereocenters. The summed E-state index contributed by atoms with van der Waals surface area (Å²) in [7, 11) is 2.09. The van der Waals surface area contributed by atoms with Gasteiger partial charge < -0.3 is 4.90 Å². The quantitative estimate of drug-likeness (QED) is 0.497. The van der Waals surface area contributed by atoms with E-state index in [1.807, 2.05) is 48.5 Å². The van der Waals surface area contributed by atoms with Gasteiger partial charge in [-0.3, -0.25) is 0 Å². The van der Waals surface area contributed by atoms with Gasteiger partial charge in [-0.1, -0.05) is 48.5 Å². The third-order valence-electron chi connectivity index (χ3n) is 5.59. The first-order chi connectivity index (χ1) is 13.7. The van der Waals surface area contributed by atoms with Gasteiger partial charge in [0.1, 0.15) is 5.82 Å². The standard InChI is InChI=1S/C24H20FN3/c1-28-14-18-13-17(23-7-4-12-26-27-23)9-10-19(18)22(15-28)21-11-8-16-5-2-3-6-20(16)24(21)25/h2-13,22H,14-15H2,1H3. The van der Waals surface area contributed by atoms with Gasteiger partial charge in [0.25, 0.3) is 0 Å². The molecule has 0 radical (unpaired) electrons. The van der Waals surface area contributed by atoms with Crippen molar-refractivity contribution in [1.82, 2.24) is 15.1 Å². The lowest BCUT2D eigenvalue weighted by molar-refractivity contribution is 0.293. The first kappa shape index (κ1) is 17.0. The van der Waals surface area contributed by atoms with Gasteiger partial charge in [0, 0.05) is 36.2 Å². The number of likely N-dealkylation sites (N-methyl/N-ethyl adjacent to an activating group) is 1. The Morgan fingerprint density at radius 2 is 1.82 bits per heavy atom. The maximum atomic E-state index is 15.4. The van der Waals surface area contributed by atoms with Crippen molar-refractivity contribution in [3.05, 3.63) is 95.4 Å². The molecular weight excluding hydrogens is 349 g/mol. The number of nitrogens with zero attached hydrogens (tertiary/aromatic N) is 3. The van der Waals surface area contributed by atoms with Crippen LogP contribution < -0.4 is 0 Å². The molecule has 5 rings (SSSR count). The van der Waals surface area contributed by atoms with Crippen molar-refractivity contribution in [2.75, 3.05) is 13.6 Å². The molecule has 3 aromatic carbocycles. The lowest BCUT2D eigenvalue weighted by Crippen LogP contribution is -2.31. The second-order valence-electron chi connectivity index (χ2n) is 7.46. The number of aromatic nitrogens is 2. The molecule has 0 fully saturated rings. The van der Waals surface area contributed by atoms with Crippen LogP contribution in [-0.4, -0.2) is 28.7 Å². The highest BCUT2D eigenvalue weighted by Crippen LogP contribution is 2.37. The fourth-order valence-corrected chi connectivity index (χ4v) is 4.25. The predicted octanol–water partition coefficient (Wildman–Crippen LogP) is 5.01. The van der Waals surface area contributed by atoms with Crippen LogP contribution in [0.25, 0.3) is 22.0 Å². The van der Waals surface area contributed by atoms with Crippen molar-refractivity contribution >= 4 is 10.8 Å². The number of rotatable bonds is 2. The molecule has 3 nitrogen and oxygen atoms in total. The predicted molar refractivity (Wildman–Crippen MR) is 110 cm³/mol. The van der Waals surface area contributed by atoms with Crippen molar-refractivity contribution in [3.63, 3.8) is 0 Å². The SMILES string of the molecule is CN1Cc2cc(-c3cccnn3)ccc2C(c2ccc3ccccc3c2F)C1. The van der Waals surface area contributed by atoms with Crippen molar-refractivity contribution < 1.29 is 4.39 Å². The molecule has 0 saturated carbocycles. The van der Waals surface area contributed by atoms with E-state index in [2.05, 4.69) is 40.3 Å². The van der Waals surface area contributed by atoms with Gasteiger partial charge >= 0.3 is 0 Å². The molecule has 1 unspecified atom stereocenters. The van der Waals surface area contributed by atoms with E-state index in [4.69, 9.17) is 0 Å². The van der Waals surface area contributed by atoms with Gasteiger partial charge in [-0.05, 0) is 47.3 Å². The number of halogens is 1. The molecule has 0 spiro atoms. The smallest absolute Gasteiger partial charge is 0.134 e. The van der Waals surface area contributed by atoms with Crippen molar-refractivity contribution in [2.24, 2.45) is 0 Å². The van der Waals surface area contributed by atoms with Crippen molar-refractivity contribution in [2.45, 2.75) is 12.5 Å². The highest BCUT2D eigenvalue weighted by molar-refractivity contribution is 5.84. The van der Waals surface area contributed by atoms with E-state index in [-0.39, 0.29) is 11.7 Å². The molecule has 4 aromatic rings. The monoisotopic (exact) mass is 369 g/mol. The van der Waals surface area contributed by atoms with E-state index in [0.29, 0.717) is 5.39 Å². The molecule has 0 N–H and O–H groups in total. The average molecular weight is 369 g/mol. The minimum atomic E-state index is -0.109. The Balaban J connectivity index is 1.63. The summed E-state index contributed by atoms with van der Waals surface area (Å²) in [6.45, 7) is 1.64. The third-order valence-corrected chi connectivity index (χ3v) is 5.59. The molecule has 28 heavy (non-hydrogen) atoms. The molecule has 138 valence electrons. The Morgan fingerprint density at radius 1 is 0.964 bits per heavy atom. The molecule has 4 heteroatoms. The topological polar surface area (TPSA) is 29.0 Å². The molecule has 2 heterocycles. The molecule has 0 bridgehead atoms. The van der Waals surface area contributed by atoms with Crippen LogP contribution in [-0.2, 0) is 6.54 Å². The lowest BCUT2D eigenvalue weighted by atomic mass is 9.83. The zero-order chi connectivity index (χ0) is 19.1. The van der Waals surface area contributed by atoms with Gasteiger partial charge in [0.2, 0.25) is 0 Å². The molecule has 1 aliphatic heterocycles. The number of fused-ring (bicyclic) bond motifs is 2. The summed E-state index contributed by atoms with van der Waals surface area (Å²) in [6.07, 6.45) is 1.67. The van der Waals surface area contributed by atoms with Crippen molar-refractivity contribution in [1.29, 1.82) is 0 Å². The second kappa shape index (κ2) is 6.80. The number of benzene rings is 3. The zero-order valence-electron chi connectivity index (χ0n) is 15.6. The maximum absolute atomic E-state index is 15.4. The van der Waals surface area contributed by atoms with Crippen LogP contribution in [0.15, 0.2) is 72.9 Å². The number of hydrogen-bond donors (Lipinski definition) is 0. The fourth-order valence-electron chi connectivity index (χ4n) is 4.25. The summed E-state index contributed by atoms with van der Waals surface area (Å²) >= 11 is 0. The molecular formula is C24H20FN3. The van der Waals surface area contributed by atoms with Crippen LogP contribution in [0.3, 0.4) is 0 Å². The van der Waals surface area contributed by atoms with E-state index in [1.165, 1.54) is 11.1 Å². The van der Waals surface area contributed by atoms with E-state index >= 15 is 4.39 Å². The normalized spacial score (nSPS) is 16.9. The van der Waals surface area contributed by atoms with E-state index < -0.39 is 0 Å². The second-order valence-corrected chi connectivity index (χ2v) is 7.46. The van der Waals surface area contributed by atoms with Gasteiger partial charge in [-0.15, -0.1) is 0 Å². The highest BCUT2D eigenvalue weighted by Gasteiger charge is 2.27. The Hall–Kier alpha value is -3.11. The molecule has 0 aliphatic carbocycles. The van der Waals surface area contributed by atoms with Gasteiger partial charge in [0.15, 0.2) is 0 Å². The summed E-state index contributed by atoms with van der Waals surface area (Å²) in [5.41, 5.74) is 5.07. The lowest BCUT2D eigenvalue weighted by Gasteiger charge is -2.33. The fraction of sp³-hybridized carbons (Fsp3) is 0.167. The van der Waals surface area contributed by atoms with Crippen molar-refractivity contribution in [3.8, 4) is 11.3 Å². The number of hydrogen-bond acceptors (Lipinski definition) is 3. The molecule has 0 saturated heterocycles.